The molecule has 1 fully saturated rings. The predicted octanol–water partition coefficient (Wildman–Crippen LogP) is 0.511. The second-order valence-electron chi connectivity index (χ2n) is 4.64. The van der Waals surface area contributed by atoms with Gasteiger partial charge in [0, 0.05) is 13.0 Å². The van der Waals surface area contributed by atoms with E-state index in [0.29, 0.717) is 6.61 Å². The zero-order valence-electron chi connectivity index (χ0n) is 9.83. The van der Waals surface area contributed by atoms with Crippen molar-refractivity contribution < 1.29 is 19.4 Å². The van der Waals surface area contributed by atoms with Crippen molar-refractivity contribution in [2.75, 3.05) is 20.3 Å². The molecule has 94 valence electrons. The molecule has 0 aromatic carbocycles. The Morgan fingerprint density at radius 2 is 1.94 bits per heavy atom. The third kappa shape index (κ3) is 2.34. The Hall–Kier alpha value is -1.36. The Morgan fingerprint density at radius 1 is 1.29 bits per heavy atom. The molecule has 1 saturated heterocycles. The van der Waals surface area contributed by atoms with Gasteiger partial charge in [0.15, 0.2) is 0 Å². The summed E-state index contributed by atoms with van der Waals surface area (Å²) in [6.45, 7) is 0.514. The van der Waals surface area contributed by atoms with E-state index in [-0.39, 0.29) is 24.5 Å². The Bertz CT molecular complexity index is 344. The van der Waals surface area contributed by atoms with Gasteiger partial charge in [0.05, 0.1) is 19.3 Å². The second kappa shape index (κ2) is 4.87. The summed E-state index contributed by atoms with van der Waals surface area (Å²) in [6, 6.07) is -0.333. The smallest absolute Gasteiger partial charge is 0.311 e. The topological polar surface area (TPSA) is 66.8 Å². The van der Waals surface area contributed by atoms with Crippen LogP contribution in [0.5, 0.6) is 0 Å². The van der Waals surface area contributed by atoms with Crippen molar-refractivity contribution in [1.29, 1.82) is 0 Å². The molecule has 1 aliphatic heterocycles. The minimum absolute atomic E-state index is 0.0185. The van der Waals surface area contributed by atoms with Crippen LogP contribution in [0.4, 0.5) is 0 Å². The molecule has 1 aliphatic carbocycles. The molecule has 0 bridgehead atoms. The van der Waals surface area contributed by atoms with E-state index in [4.69, 9.17) is 9.84 Å². The van der Waals surface area contributed by atoms with Crippen LogP contribution in [0.15, 0.2) is 12.2 Å². The van der Waals surface area contributed by atoms with E-state index < -0.39 is 11.9 Å². The highest BCUT2D eigenvalue weighted by Gasteiger charge is 2.39. The van der Waals surface area contributed by atoms with Crippen molar-refractivity contribution in [1.82, 2.24) is 4.90 Å². The second-order valence-corrected chi connectivity index (χ2v) is 4.64. The largest absolute Gasteiger partial charge is 0.481 e. The highest BCUT2D eigenvalue weighted by atomic mass is 16.5. The van der Waals surface area contributed by atoms with Gasteiger partial charge < -0.3 is 14.7 Å². The summed E-state index contributed by atoms with van der Waals surface area (Å²) >= 11 is 0. The molecule has 0 aromatic heterocycles. The minimum Gasteiger partial charge on any atom is -0.481 e. The summed E-state index contributed by atoms with van der Waals surface area (Å²) in [5.74, 6) is -1.48. The maximum absolute atomic E-state index is 12.1. The molecule has 2 aliphatic rings. The van der Waals surface area contributed by atoms with E-state index in [1.165, 1.54) is 0 Å². The number of rotatable bonds is 3. The average Bonchev–Trinajstić information content (AvgIpc) is 2.97. The number of aliphatic carboxylic acids is 1. The van der Waals surface area contributed by atoms with Crippen LogP contribution < -0.4 is 0 Å². The lowest BCUT2D eigenvalue weighted by Crippen LogP contribution is -2.46. The number of nitrogens with zero attached hydrogens (tertiary/aromatic N) is 1. The summed E-state index contributed by atoms with van der Waals surface area (Å²) in [7, 11) is 1.68. The molecule has 0 aromatic rings. The fourth-order valence-corrected chi connectivity index (χ4v) is 2.43. The summed E-state index contributed by atoms with van der Waals surface area (Å²) < 4.78 is 5.17. The van der Waals surface area contributed by atoms with E-state index in [2.05, 4.69) is 0 Å². The van der Waals surface area contributed by atoms with Gasteiger partial charge in [0.1, 0.15) is 5.92 Å². The van der Waals surface area contributed by atoms with Gasteiger partial charge in [0.25, 0.3) is 0 Å². The van der Waals surface area contributed by atoms with Crippen LogP contribution in [0.1, 0.15) is 12.8 Å². The SMILES string of the molecule is CN(C(=O)C1CC=CC1)C1COCC1C(=O)O. The van der Waals surface area contributed by atoms with Gasteiger partial charge in [-0.05, 0) is 12.8 Å². The molecule has 2 unspecified atom stereocenters. The van der Waals surface area contributed by atoms with Gasteiger partial charge in [-0.2, -0.15) is 0 Å². The predicted molar refractivity (Wildman–Crippen MR) is 60.4 cm³/mol. The van der Waals surface area contributed by atoms with Crippen LogP contribution >= 0.6 is 0 Å². The molecule has 0 spiro atoms. The molecule has 0 radical (unpaired) electrons. The summed E-state index contributed by atoms with van der Waals surface area (Å²) in [5, 5.41) is 9.05. The number of carbonyl (C=O) groups is 2. The molecule has 5 heteroatoms. The van der Waals surface area contributed by atoms with E-state index in [1.54, 1.807) is 11.9 Å². The zero-order chi connectivity index (χ0) is 12.4. The van der Waals surface area contributed by atoms with E-state index in [9.17, 15) is 9.59 Å². The third-order valence-corrected chi connectivity index (χ3v) is 3.57. The standard InChI is InChI=1S/C12H17NO4/c1-13(11(14)8-4-2-3-5-8)10-7-17-6-9(10)12(15)16/h2-3,8-10H,4-7H2,1H3,(H,15,16). The first-order valence-corrected chi connectivity index (χ1v) is 5.83. The van der Waals surface area contributed by atoms with Crippen molar-refractivity contribution in [3.63, 3.8) is 0 Å². The van der Waals surface area contributed by atoms with Crippen molar-refractivity contribution in [3.05, 3.63) is 12.2 Å². The van der Waals surface area contributed by atoms with Crippen LogP contribution in [-0.4, -0.2) is 48.2 Å². The maximum Gasteiger partial charge on any atom is 0.311 e. The number of amides is 1. The minimum atomic E-state index is -0.892. The van der Waals surface area contributed by atoms with Gasteiger partial charge in [0.2, 0.25) is 5.91 Å². The first-order valence-electron chi connectivity index (χ1n) is 5.83. The van der Waals surface area contributed by atoms with E-state index in [0.717, 1.165) is 12.8 Å². The number of hydrogen-bond donors (Lipinski definition) is 1. The van der Waals surface area contributed by atoms with E-state index in [1.807, 2.05) is 12.2 Å². The number of ether oxygens (including phenoxy) is 1. The normalized spacial score (nSPS) is 28.5. The fraction of sp³-hybridized carbons (Fsp3) is 0.667. The van der Waals surface area contributed by atoms with Crippen LogP contribution in [0, 0.1) is 11.8 Å². The van der Waals surface area contributed by atoms with Crippen LogP contribution in [0.25, 0.3) is 0 Å². The maximum atomic E-state index is 12.1. The number of hydrogen-bond acceptors (Lipinski definition) is 3. The number of carbonyl (C=O) groups excluding carboxylic acids is 1. The first kappa shape index (κ1) is 12.1. The Morgan fingerprint density at radius 3 is 2.53 bits per heavy atom. The average molecular weight is 239 g/mol. The monoisotopic (exact) mass is 239 g/mol. The highest BCUT2D eigenvalue weighted by molar-refractivity contribution is 5.81. The number of likely N-dealkylation sites (N-methyl/N-ethyl adjacent to an activating group) is 1. The lowest BCUT2D eigenvalue weighted by molar-refractivity contribution is -0.145. The first-order chi connectivity index (χ1) is 8.11. The molecule has 1 N–H and O–H groups in total. The molecule has 17 heavy (non-hydrogen) atoms. The summed E-state index contributed by atoms with van der Waals surface area (Å²) in [6.07, 6.45) is 5.51. The molecule has 2 rings (SSSR count). The number of allylic oxidation sites excluding steroid dienone is 2. The van der Waals surface area contributed by atoms with Gasteiger partial charge in [-0.3, -0.25) is 9.59 Å². The molecular weight excluding hydrogens is 222 g/mol. The Kier molecular flexibility index (Phi) is 3.47. The molecule has 5 nitrogen and oxygen atoms in total. The van der Waals surface area contributed by atoms with Crippen LogP contribution in [0.2, 0.25) is 0 Å². The number of carboxylic acids is 1. The van der Waals surface area contributed by atoms with Gasteiger partial charge in [-0.25, -0.2) is 0 Å². The molecule has 1 heterocycles. The summed E-state index contributed by atoms with van der Waals surface area (Å²) in [5.41, 5.74) is 0. The molecule has 2 atom stereocenters. The lowest BCUT2D eigenvalue weighted by atomic mass is 9.99. The number of carboxylic acid groups (broad SMARTS) is 1. The Balaban J connectivity index is 2.01. The van der Waals surface area contributed by atoms with Crippen LogP contribution in [-0.2, 0) is 14.3 Å². The van der Waals surface area contributed by atoms with Gasteiger partial charge in [-0.15, -0.1) is 0 Å². The molecular formula is C12H17NO4. The fourth-order valence-electron chi connectivity index (χ4n) is 2.43. The van der Waals surface area contributed by atoms with Crippen molar-refractivity contribution in [2.24, 2.45) is 11.8 Å². The van der Waals surface area contributed by atoms with Gasteiger partial charge in [-0.1, -0.05) is 12.2 Å². The van der Waals surface area contributed by atoms with E-state index >= 15 is 0 Å². The van der Waals surface area contributed by atoms with Gasteiger partial charge >= 0.3 is 5.97 Å². The zero-order valence-corrected chi connectivity index (χ0v) is 9.83. The Labute approximate surface area is 100 Å². The molecule has 1 amide bonds. The quantitative estimate of drug-likeness (QED) is 0.729. The third-order valence-electron chi connectivity index (χ3n) is 3.57. The lowest BCUT2D eigenvalue weighted by Gasteiger charge is -2.28. The van der Waals surface area contributed by atoms with Crippen molar-refractivity contribution >= 4 is 11.9 Å². The molecule has 0 saturated carbocycles. The summed E-state index contributed by atoms with van der Waals surface area (Å²) in [4.78, 5) is 24.7. The van der Waals surface area contributed by atoms with Crippen molar-refractivity contribution in [2.45, 2.75) is 18.9 Å². The highest BCUT2D eigenvalue weighted by Crippen LogP contribution is 2.25. The van der Waals surface area contributed by atoms with Crippen LogP contribution in [0.3, 0.4) is 0 Å². The van der Waals surface area contributed by atoms with Crippen molar-refractivity contribution in [3.8, 4) is 0 Å².